The second-order valence-corrected chi connectivity index (χ2v) is 6.63. The number of amides is 2. The highest BCUT2D eigenvalue weighted by atomic mass is 16.2. The average Bonchev–Trinajstić information content (AvgIpc) is 2.57. The molecule has 1 aliphatic rings. The molecule has 1 aromatic heterocycles. The quantitative estimate of drug-likeness (QED) is 0.917. The molecule has 0 atom stereocenters. The molecule has 24 heavy (non-hydrogen) atoms. The fraction of sp³-hybridized carbons (Fsp3) is 0.400. The van der Waals surface area contributed by atoms with E-state index in [1.165, 1.54) is 16.7 Å². The van der Waals surface area contributed by atoms with Crippen molar-refractivity contribution < 1.29 is 4.79 Å². The van der Waals surface area contributed by atoms with Crippen molar-refractivity contribution in [2.45, 2.75) is 33.2 Å². The van der Waals surface area contributed by atoms with Crippen molar-refractivity contribution in [3.8, 4) is 0 Å². The summed E-state index contributed by atoms with van der Waals surface area (Å²) in [6.45, 7) is 6.38. The maximum atomic E-state index is 12.2. The minimum Gasteiger partial charge on any atom is -0.332 e. The van der Waals surface area contributed by atoms with E-state index in [0.717, 1.165) is 31.6 Å². The molecule has 3 rings (SSSR count). The summed E-state index contributed by atoms with van der Waals surface area (Å²) in [5.41, 5.74) is 4.80. The second-order valence-electron chi connectivity index (χ2n) is 6.63. The van der Waals surface area contributed by atoms with Crippen molar-refractivity contribution in [2.24, 2.45) is 5.92 Å². The van der Waals surface area contributed by atoms with Gasteiger partial charge in [-0.1, -0.05) is 36.8 Å². The van der Waals surface area contributed by atoms with E-state index in [4.69, 9.17) is 0 Å². The van der Waals surface area contributed by atoms with Gasteiger partial charge < -0.3 is 10.2 Å². The molecule has 0 spiro atoms. The van der Waals surface area contributed by atoms with Gasteiger partial charge in [-0.2, -0.15) is 0 Å². The molecular weight excluding hydrogens is 298 g/mol. The third kappa shape index (κ3) is 4.13. The maximum absolute atomic E-state index is 12.2. The van der Waals surface area contributed by atoms with Gasteiger partial charge in [0.15, 0.2) is 0 Å². The minimum atomic E-state index is 0.0128. The van der Waals surface area contributed by atoms with Gasteiger partial charge in [0.25, 0.3) is 0 Å². The van der Waals surface area contributed by atoms with Gasteiger partial charge in [-0.3, -0.25) is 4.98 Å². The molecule has 0 bridgehead atoms. The Kier molecular flexibility index (Phi) is 5.14. The number of nitrogens with zero attached hydrogens (tertiary/aromatic N) is 2. The summed E-state index contributed by atoms with van der Waals surface area (Å²) in [5.74, 6) is 0.569. The van der Waals surface area contributed by atoms with Crippen molar-refractivity contribution in [2.75, 3.05) is 13.1 Å². The van der Waals surface area contributed by atoms with Crippen molar-refractivity contribution in [1.29, 1.82) is 0 Å². The van der Waals surface area contributed by atoms with Crippen LogP contribution in [-0.2, 0) is 19.4 Å². The summed E-state index contributed by atoms with van der Waals surface area (Å²) in [5, 5.41) is 2.97. The van der Waals surface area contributed by atoms with Gasteiger partial charge in [0.05, 0.1) is 12.2 Å². The van der Waals surface area contributed by atoms with Crippen LogP contribution in [-0.4, -0.2) is 29.0 Å². The standard InChI is InChI=1S/C20H25N3O/c1-3-16-8-9-21-19(11-16)12-22-20(24)23-13-18(14-23)10-17-6-4-15(2)5-7-17/h4-9,11,18H,3,10,12-14H2,1-2H3,(H,22,24). The average molecular weight is 323 g/mol. The van der Waals surface area contributed by atoms with Crippen LogP contribution in [0.4, 0.5) is 4.79 Å². The predicted octanol–water partition coefficient (Wildman–Crippen LogP) is 3.34. The number of aryl methyl sites for hydroxylation is 2. The van der Waals surface area contributed by atoms with E-state index in [0.29, 0.717) is 12.5 Å². The van der Waals surface area contributed by atoms with Gasteiger partial charge in [0.1, 0.15) is 0 Å². The van der Waals surface area contributed by atoms with Crippen LogP contribution in [0.5, 0.6) is 0 Å². The molecule has 0 unspecified atom stereocenters. The molecule has 4 heteroatoms. The number of aromatic nitrogens is 1. The Balaban J connectivity index is 1.42. The van der Waals surface area contributed by atoms with Crippen LogP contribution in [0.25, 0.3) is 0 Å². The van der Waals surface area contributed by atoms with E-state index in [9.17, 15) is 4.79 Å². The van der Waals surface area contributed by atoms with E-state index in [1.807, 2.05) is 17.2 Å². The van der Waals surface area contributed by atoms with Gasteiger partial charge in [-0.15, -0.1) is 0 Å². The van der Waals surface area contributed by atoms with E-state index in [2.05, 4.69) is 54.5 Å². The zero-order chi connectivity index (χ0) is 16.9. The summed E-state index contributed by atoms with van der Waals surface area (Å²) in [7, 11) is 0. The number of carbonyl (C=O) groups is 1. The molecule has 1 fully saturated rings. The first-order valence-corrected chi connectivity index (χ1v) is 8.66. The molecular formula is C20H25N3O. The summed E-state index contributed by atoms with van der Waals surface area (Å²) < 4.78 is 0. The number of pyridine rings is 1. The Bertz CT molecular complexity index is 690. The Labute approximate surface area is 143 Å². The number of hydrogen-bond donors (Lipinski definition) is 1. The van der Waals surface area contributed by atoms with Gasteiger partial charge in [0.2, 0.25) is 0 Å². The first-order chi connectivity index (χ1) is 11.6. The van der Waals surface area contributed by atoms with Crippen LogP contribution in [0.2, 0.25) is 0 Å². The lowest BCUT2D eigenvalue weighted by Gasteiger charge is -2.39. The number of rotatable bonds is 5. The topological polar surface area (TPSA) is 45.2 Å². The minimum absolute atomic E-state index is 0.0128. The Morgan fingerprint density at radius 1 is 1.21 bits per heavy atom. The lowest BCUT2D eigenvalue weighted by Crippen LogP contribution is -2.54. The van der Waals surface area contributed by atoms with Crippen LogP contribution >= 0.6 is 0 Å². The van der Waals surface area contributed by atoms with Gasteiger partial charge in [-0.05, 0) is 48.9 Å². The molecule has 0 saturated carbocycles. The highest BCUT2D eigenvalue weighted by Gasteiger charge is 2.30. The van der Waals surface area contributed by atoms with E-state index in [1.54, 1.807) is 0 Å². The van der Waals surface area contributed by atoms with E-state index >= 15 is 0 Å². The molecule has 2 amide bonds. The maximum Gasteiger partial charge on any atom is 0.317 e. The molecule has 1 N–H and O–H groups in total. The van der Waals surface area contributed by atoms with E-state index < -0.39 is 0 Å². The largest absolute Gasteiger partial charge is 0.332 e. The van der Waals surface area contributed by atoms with Crippen LogP contribution < -0.4 is 5.32 Å². The summed E-state index contributed by atoms with van der Waals surface area (Å²) >= 11 is 0. The number of benzene rings is 1. The summed E-state index contributed by atoms with van der Waals surface area (Å²) in [6.07, 6.45) is 3.84. The molecule has 1 aromatic carbocycles. The van der Waals surface area contributed by atoms with Gasteiger partial charge >= 0.3 is 6.03 Å². The third-order valence-corrected chi connectivity index (χ3v) is 4.60. The molecule has 2 heterocycles. The predicted molar refractivity (Wildman–Crippen MR) is 95.8 cm³/mol. The van der Waals surface area contributed by atoms with E-state index in [-0.39, 0.29) is 6.03 Å². The first-order valence-electron chi connectivity index (χ1n) is 8.66. The number of likely N-dealkylation sites (tertiary alicyclic amines) is 1. The van der Waals surface area contributed by atoms with Crippen molar-refractivity contribution in [1.82, 2.24) is 15.2 Å². The summed E-state index contributed by atoms with van der Waals surface area (Å²) in [6, 6.07) is 12.7. The normalized spacial score (nSPS) is 14.3. The Morgan fingerprint density at radius 2 is 1.96 bits per heavy atom. The van der Waals surface area contributed by atoms with Crippen molar-refractivity contribution >= 4 is 6.03 Å². The molecule has 2 aromatic rings. The fourth-order valence-corrected chi connectivity index (χ4v) is 3.04. The van der Waals surface area contributed by atoms with Crippen LogP contribution in [0, 0.1) is 12.8 Å². The monoisotopic (exact) mass is 323 g/mol. The van der Waals surface area contributed by atoms with Crippen LogP contribution in [0.15, 0.2) is 42.6 Å². The van der Waals surface area contributed by atoms with Crippen LogP contribution in [0.1, 0.15) is 29.3 Å². The summed E-state index contributed by atoms with van der Waals surface area (Å²) in [4.78, 5) is 18.4. The van der Waals surface area contributed by atoms with Gasteiger partial charge in [-0.25, -0.2) is 4.79 Å². The number of carbonyl (C=O) groups excluding carboxylic acids is 1. The zero-order valence-corrected chi connectivity index (χ0v) is 14.5. The Morgan fingerprint density at radius 3 is 2.67 bits per heavy atom. The molecule has 0 aliphatic carbocycles. The SMILES string of the molecule is CCc1ccnc(CNC(=O)N2CC(Cc3ccc(C)cc3)C2)c1. The second kappa shape index (κ2) is 7.47. The smallest absolute Gasteiger partial charge is 0.317 e. The molecule has 1 saturated heterocycles. The number of nitrogens with one attached hydrogen (secondary N) is 1. The highest BCUT2D eigenvalue weighted by molar-refractivity contribution is 5.75. The molecule has 126 valence electrons. The Hall–Kier alpha value is -2.36. The third-order valence-electron chi connectivity index (χ3n) is 4.60. The van der Waals surface area contributed by atoms with Crippen molar-refractivity contribution in [3.05, 3.63) is 65.0 Å². The zero-order valence-electron chi connectivity index (χ0n) is 14.5. The molecule has 1 aliphatic heterocycles. The number of hydrogen-bond acceptors (Lipinski definition) is 2. The van der Waals surface area contributed by atoms with Crippen LogP contribution in [0.3, 0.4) is 0 Å². The van der Waals surface area contributed by atoms with Crippen molar-refractivity contribution in [3.63, 3.8) is 0 Å². The fourth-order valence-electron chi connectivity index (χ4n) is 3.04. The lowest BCUT2D eigenvalue weighted by atomic mass is 9.92. The lowest BCUT2D eigenvalue weighted by molar-refractivity contribution is 0.120. The first kappa shape index (κ1) is 16.5. The molecule has 0 radical (unpaired) electrons. The molecule has 4 nitrogen and oxygen atoms in total. The van der Waals surface area contributed by atoms with Gasteiger partial charge in [0, 0.05) is 19.3 Å². The highest BCUT2D eigenvalue weighted by Crippen LogP contribution is 2.20. The number of urea groups is 1.